The van der Waals surface area contributed by atoms with Crippen molar-refractivity contribution in [3.8, 4) is 0 Å². The van der Waals surface area contributed by atoms with E-state index < -0.39 is 0 Å². The van der Waals surface area contributed by atoms with Crippen LogP contribution in [0.5, 0.6) is 0 Å². The fourth-order valence-electron chi connectivity index (χ4n) is 4.75. The van der Waals surface area contributed by atoms with Gasteiger partial charge in [-0.05, 0) is 131 Å². The highest BCUT2D eigenvalue weighted by atomic mass is 16.6. The van der Waals surface area contributed by atoms with E-state index >= 15 is 0 Å². The van der Waals surface area contributed by atoms with Crippen molar-refractivity contribution < 1.29 is 4.74 Å². The van der Waals surface area contributed by atoms with Gasteiger partial charge in [0, 0.05) is 0 Å². The van der Waals surface area contributed by atoms with E-state index in [2.05, 4.69) is 73.6 Å². The minimum atomic E-state index is 0.131. The summed E-state index contributed by atoms with van der Waals surface area (Å²) < 4.78 is 5.70. The number of hydrogen-bond acceptors (Lipinski definition) is 1. The summed E-state index contributed by atoms with van der Waals surface area (Å²) in [4.78, 5) is 0. The first kappa shape index (κ1) is 25.9. The molecule has 0 N–H and O–H groups in total. The second-order valence-corrected chi connectivity index (χ2v) is 10.8. The van der Waals surface area contributed by atoms with Gasteiger partial charge in [-0.1, -0.05) is 46.1 Å². The van der Waals surface area contributed by atoms with Crippen LogP contribution < -0.4 is 0 Å². The fourth-order valence-corrected chi connectivity index (χ4v) is 4.75. The molecular formula is C30H48O. The minimum Gasteiger partial charge on any atom is -0.367 e. The highest BCUT2D eigenvalue weighted by Crippen LogP contribution is 2.39. The number of rotatable bonds is 12. The van der Waals surface area contributed by atoms with Crippen molar-refractivity contribution in [1.82, 2.24) is 0 Å². The molecule has 0 bridgehead atoms. The van der Waals surface area contributed by atoms with Crippen molar-refractivity contribution in [2.75, 3.05) is 0 Å². The molecule has 1 heterocycles. The molecule has 0 radical (unpaired) electrons. The summed E-state index contributed by atoms with van der Waals surface area (Å²) in [5.41, 5.74) is 11.2. The summed E-state index contributed by atoms with van der Waals surface area (Å²) in [5.74, 6) is 0. The van der Waals surface area contributed by atoms with E-state index in [0.29, 0.717) is 6.10 Å². The predicted molar refractivity (Wildman–Crippen MR) is 137 cm³/mol. The molecule has 1 aliphatic heterocycles. The van der Waals surface area contributed by atoms with Gasteiger partial charge < -0.3 is 4.74 Å². The van der Waals surface area contributed by atoms with Gasteiger partial charge in [-0.25, -0.2) is 0 Å². The summed E-state index contributed by atoms with van der Waals surface area (Å²) in [7, 11) is 0. The Bertz CT molecular complexity index is 762. The van der Waals surface area contributed by atoms with Crippen molar-refractivity contribution in [1.29, 1.82) is 0 Å². The molecule has 1 saturated heterocycles. The summed E-state index contributed by atoms with van der Waals surface area (Å²) >= 11 is 0. The molecule has 0 aromatic heterocycles. The van der Waals surface area contributed by atoms with Crippen molar-refractivity contribution in [2.45, 2.75) is 131 Å². The van der Waals surface area contributed by atoms with E-state index in [-0.39, 0.29) is 5.60 Å². The summed E-state index contributed by atoms with van der Waals surface area (Å²) in [6, 6.07) is 0. The molecule has 0 aromatic rings. The van der Waals surface area contributed by atoms with Gasteiger partial charge in [0.2, 0.25) is 0 Å². The van der Waals surface area contributed by atoms with Crippen molar-refractivity contribution in [3.63, 3.8) is 0 Å². The average molecular weight is 425 g/mol. The lowest BCUT2D eigenvalue weighted by Crippen LogP contribution is -2.02. The third-order valence-electron chi connectivity index (χ3n) is 7.10. The average Bonchev–Trinajstić information content (AvgIpc) is 3.13. The van der Waals surface area contributed by atoms with E-state index in [1.807, 2.05) is 0 Å². The number of allylic oxidation sites excluding steroid dienone is 10. The van der Waals surface area contributed by atoms with E-state index in [1.165, 1.54) is 80.9 Å². The van der Waals surface area contributed by atoms with Gasteiger partial charge in [0.25, 0.3) is 0 Å². The monoisotopic (exact) mass is 424 g/mol. The van der Waals surface area contributed by atoms with Crippen LogP contribution in [0.25, 0.3) is 0 Å². The second-order valence-electron chi connectivity index (χ2n) is 10.8. The largest absolute Gasteiger partial charge is 0.367 e. The van der Waals surface area contributed by atoms with Crippen LogP contribution in [0.1, 0.15) is 120 Å². The summed E-state index contributed by atoms with van der Waals surface area (Å²) in [6.07, 6.45) is 19.8. The van der Waals surface area contributed by atoms with Crippen LogP contribution in [0.15, 0.2) is 57.2 Å². The maximum atomic E-state index is 5.70. The van der Waals surface area contributed by atoms with Crippen LogP contribution in [0, 0.1) is 0 Å². The van der Waals surface area contributed by atoms with Crippen molar-refractivity contribution in [2.24, 2.45) is 0 Å². The van der Waals surface area contributed by atoms with Crippen LogP contribution in [-0.4, -0.2) is 11.7 Å². The Morgan fingerprint density at radius 2 is 1.48 bits per heavy atom. The van der Waals surface area contributed by atoms with E-state index in [4.69, 9.17) is 4.74 Å². The Morgan fingerprint density at radius 1 is 0.871 bits per heavy atom. The third kappa shape index (κ3) is 8.97. The number of epoxide rings is 1. The molecule has 0 saturated carbocycles. The molecule has 174 valence electrons. The molecule has 0 amide bonds. The van der Waals surface area contributed by atoms with Gasteiger partial charge in [0.15, 0.2) is 0 Å². The second kappa shape index (κ2) is 12.0. The zero-order valence-electron chi connectivity index (χ0n) is 21.8. The first-order chi connectivity index (χ1) is 14.6. The van der Waals surface area contributed by atoms with Crippen LogP contribution in [0.4, 0.5) is 0 Å². The molecule has 1 aliphatic carbocycles. The number of hydrogen-bond donors (Lipinski definition) is 0. The van der Waals surface area contributed by atoms with E-state index in [0.717, 1.165) is 0 Å². The maximum Gasteiger partial charge on any atom is 0.0892 e. The fraction of sp³-hybridized carbons (Fsp3) is 0.667. The Morgan fingerprint density at radius 3 is 2.13 bits per heavy atom. The molecule has 1 nitrogen and oxygen atoms in total. The molecule has 0 aromatic carbocycles. The Labute approximate surface area is 193 Å². The lowest BCUT2D eigenvalue weighted by molar-refractivity contribution is 0.320. The first-order valence-electron chi connectivity index (χ1n) is 12.6. The highest BCUT2D eigenvalue weighted by molar-refractivity contribution is 5.43. The molecule has 2 rings (SSSR count). The Balaban J connectivity index is 1.76. The molecular weight excluding hydrogens is 376 g/mol. The Kier molecular flexibility index (Phi) is 10.1. The van der Waals surface area contributed by atoms with Gasteiger partial charge in [0.05, 0.1) is 11.7 Å². The quantitative estimate of drug-likeness (QED) is 0.224. The smallest absolute Gasteiger partial charge is 0.0892 e. The Hall–Kier alpha value is -1.34. The van der Waals surface area contributed by atoms with Gasteiger partial charge in [-0.15, -0.1) is 0 Å². The van der Waals surface area contributed by atoms with Crippen LogP contribution in [-0.2, 0) is 4.74 Å². The zero-order chi connectivity index (χ0) is 23.0. The lowest BCUT2D eigenvalue weighted by Gasteiger charge is -2.11. The van der Waals surface area contributed by atoms with Gasteiger partial charge in [-0.3, -0.25) is 0 Å². The standard InChI is InChI=1S/C30H48O/c1-22(2)12-9-16-25(5)28-20-19-26(6)27(28)17-11-15-23(3)13-10-14-24(4)18-21-29-30(7,8)31-29/h12,14-15,29H,9-11,13,16-21H2,1-8H3/b23-15+,24-14+,28-25-. The van der Waals surface area contributed by atoms with E-state index in [1.54, 1.807) is 22.3 Å². The first-order valence-corrected chi connectivity index (χ1v) is 12.6. The molecule has 31 heavy (non-hydrogen) atoms. The summed E-state index contributed by atoms with van der Waals surface area (Å²) in [5, 5.41) is 0. The van der Waals surface area contributed by atoms with Crippen molar-refractivity contribution >= 4 is 0 Å². The molecule has 1 atom stereocenters. The predicted octanol–water partition coefficient (Wildman–Crippen LogP) is 9.57. The molecule has 0 spiro atoms. The van der Waals surface area contributed by atoms with Crippen LogP contribution in [0.3, 0.4) is 0 Å². The maximum absolute atomic E-state index is 5.70. The SMILES string of the molecule is CC(C)=CCC/C(C)=C1/CCC(C)=C1CC/C=C(\C)CC/C=C(\C)CCC1OC1(C)C. The number of ether oxygens (including phenoxy) is 1. The topological polar surface area (TPSA) is 12.5 Å². The molecule has 1 unspecified atom stereocenters. The van der Waals surface area contributed by atoms with Gasteiger partial charge >= 0.3 is 0 Å². The van der Waals surface area contributed by atoms with E-state index in [9.17, 15) is 0 Å². The lowest BCUT2D eigenvalue weighted by atomic mass is 9.95. The highest BCUT2D eigenvalue weighted by Gasteiger charge is 2.46. The summed E-state index contributed by atoms with van der Waals surface area (Å²) in [6.45, 7) is 18.1. The molecule has 2 aliphatic rings. The third-order valence-corrected chi connectivity index (χ3v) is 7.10. The van der Waals surface area contributed by atoms with Crippen molar-refractivity contribution in [3.05, 3.63) is 57.2 Å². The minimum absolute atomic E-state index is 0.131. The van der Waals surface area contributed by atoms with Crippen LogP contribution >= 0.6 is 0 Å². The molecule has 1 heteroatoms. The normalized spacial score (nSPS) is 22.8. The van der Waals surface area contributed by atoms with Crippen LogP contribution in [0.2, 0.25) is 0 Å². The van der Waals surface area contributed by atoms with Gasteiger partial charge in [0.1, 0.15) is 0 Å². The molecule has 1 fully saturated rings. The van der Waals surface area contributed by atoms with Gasteiger partial charge in [-0.2, -0.15) is 0 Å². The zero-order valence-corrected chi connectivity index (χ0v) is 21.8.